The van der Waals surface area contributed by atoms with Crippen molar-refractivity contribution in [3.8, 4) is 67.5 Å². The van der Waals surface area contributed by atoms with Gasteiger partial charge >= 0.3 is 0 Å². The standard InChI is InChI=1S/C53H36N2O/c1-53(2)45-24-13-23-43(51(45)44-29-34-16-6-7-17-35(34)30-46(44)53)41-26-27-42(40-22-10-9-21-39(40)41)48-32-47(54-52(55-48)33-14-4-3-5-15-33)36-19-12-20-37(28-36)50-31-38-18-8-11-25-49(38)56-50/h3-32H,1-2H3. The molecule has 0 radical (unpaired) electrons. The number of nitrogens with zero attached hydrogens (tertiary/aromatic N) is 2. The topological polar surface area (TPSA) is 38.9 Å². The van der Waals surface area contributed by atoms with Crippen LogP contribution in [-0.2, 0) is 5.41 Å². The van der Waals surface area contributed by atoms with Gasteiger partial charge in [-0.05, 0) is 91.3 Å². The summed E-state index contributed by atoms with van der Waals surface area (Å²) >= 11 is 0. The maximum Gasteiger partial charge on any atom is 0.160 e. The molecule has 0 aliphatic heterocycles. The number of para-hydroxylation sites is 1. The Labute approximate surface area is 325 Å². The lowest BCUT2D eigenvalue weighted by Gasteiger charge is -2.22. The summed E-state index contributed by atoms with van der Waals surface area (Å²) in [5.41, 5.74) is 14.4. The quantitative estimate of drug-likeness (QED) is 0.178. The van der Waals surface area contributed by atoms with E-state index in [2.05, 4.69) is 159 Å². The summed E-state index contributed by atoms with van der Waals surface area (Å²) < 4.78 is 6.27. The maximum atomic E-state index is 6.27. The fourth-order valence-electron chi connectivity index (χ4n) is 8.86. The summed E-state index contributed by atoms with van der Waals surface area (Å²) in [7, 11) is 0. The van der Waals surface area contributed by atoms with E-state index in [4.69, 9.17) is 14.4 Å². The van der Waals surface area contributed by atoms with Crippen LogP contribution in [-0.4, -0.2) is 9.97 Å². The van der Waals surface area contributed by atoms with E-state index in [0.29, 0.717) is 5.82 Å². The van der Waals surface area contributed by atoms with Crippen LogP contribution in [0.5, 0.6) is 0 Å². The first-order chi connectivity index (χ1) is 27.5. The van der Waals surface area contributed by atoms with Gasteiger partial charge in [-0.2, -0.15) is 0 Å². The third kappa shape index (κ3) is 5.12. The molecular weight excluding hydrogens is 681 g/mol. The first kappa shape index (κ1) is 32.3. The van der Waals surface area contributed by atoms with Crippen molar-refractivity contribution in [2.75, 3.05) is 0 Å². The van der Waals surface area contributed by atoms with Crippen LogP contribution in [0.1, 0.15) is 25.0 Å². The van der Waals surface area contributed by atoms with Crippen LogP contribution in [0.25, 0.3) is 100.0 Å². The molecular formula is C53H36N2O. The highest BCUT2D eigenvalue weighted by Gasteiger charge is 2.37. The van der Waals surface area contributed by atoms with Gasteiger partial charge in [0.1, 0.15) is 11.3 Å². The molecule has 0 saturated carbocycles. The molecule has 8 aromatic carbocycles. The highest BCUT2D eigenvalue weighted by Crippen LogP contribution is 2.54. The van der Waals surface area contributed by atoms with Crippen molar-refractivity contribution < 1.29 is 4.42 Å². The molecule has 0 spiro atoms. The smallest absolute Gasteiger partial charge is 0.160 e. The Balaban J connectivity index is 1.09. The number of furan rings is 1. The molecule has 1 aliphatic carbocycles. The molecule has 264 valence electrons. The monoisotopic (exact) mass is 716 g/mol. The maximum absolute atomic E-state index is 6.27. The lowest BCUT2D eigenvalue weighted by Crippen LogP contribution is -2.14. The number of hydrogen-bond donors (Lipinski definition) is 0. The Morgan fingerprint density at radius 1 is 0.411 bits per heavy atom. The van der Waals surface area contributed by atoms with E-state index >= 15 is 0 Å². The van der Waals surface area contributed by atoms with Gasteiger partial charge in [-0.3, -0.25) is 0 Å². The van der Waals surface area contributed by atoms with Crippen molar-refractivity contribution in [3.63, 3.8) is 0 Å². The molecule has 11 rings (SSSR count). The second-order valence-electron chi connectivity index (χ2n) is 15.4. The predicted molar refractivity (Wildman–Crippen MR) is 232 cm³/mol. The third-order valence-corrected chi connectivity index (χ3v) is 11.7. The van der Waals surface area contributed by atoms with Gasteiger partial charge in [0.25, 0.3) is 0 Å². The Bertz CT molecular complexity index is 3140. The van der Waals surface area contributed by atoms with Crippen molar-refractivity contribution in [2.24, 2.45) is 0 Å². The molecule has 2 aromatic heterocycles. The first-order valence-electron chi connectivity index (χ1n) is 19.2. The summed E-state index contributed by atoms with van der Waals surface area (Å²) in [6.07, 6.45) is 0. The lowest BCUT2D eigenvalue weighted by molar-refractivity contribution is 0.631. The van der Waals surface area contributed by atoms with E-state index in [1.807, 2.05) is 36.4 Å². The van der Waals surface area contributed by atoms with Gasteiger partial charge in [-0.1, -0.05) is 159 Å². The number of benzene rings is 8. The van der Waals surface area contributed by atoms with Crippen molar-refractivity contribution in [3.05, 3.63) is 193 Å². The molecule has 10 aromatic rings. The van der Waals surface area contributed by atoms with Gasteiger partial charge in [0.15, 0.2) is 5.82 Å². The molecule has 3 nitrogen and oxygen atoms in total. The van der Waals surface area contributed by atoms with E-state index in [-0.39, 0.29) is 5.41 Å². The van der Waals surface area contributed by atoms with Crippen LogP contribution < -0.4 is 0 Å². The lowest BCUT2D eigenvalue weighted by atomic mass is 9.81. The number of fused-ring (bicyclic) bond motifs is 6. The van der Waals surface area contributed by atoms with Crippen LogP contribution in [0.2, 0.25) is 0 Å². The van der Waals surface area contributed by atoms with Gasteiger partial charge in [0.05, 0.1) is 11.4 Å². The highest BCUT2D eigenvalue weighted by atomic mass is 16.3. The first-order valence-corrected chi connectivity index (χ1v) is 19.2. The van der Waals surface area contributed by atoms with Crippen LogP contribution in [0, 0.1) is 0 Å². The van der Waals surface area contributed by atoms with E-state index in [9.17, 15) is 0 Å². The normalized spacial score (nSPS) is 13.0. The fourth-order valence-corrected chi connectivity index (χ4v) is 8.86. The molecule has 56 heavy (non-hydrogen) atoms. The van der Waals surface area contributed by atoms with E-state index in [1.165, 1.54) is 49.5 Å². The molecule has 0 fully saturated rings. The molecule has 0 bridgehead atoms. The zero-order valence-electron chi connectivity index (χ0n) is 31.1. The second-order valence-corrected chi connectivity index (χ2v) is 15.4. The Morgan fingerprint density at radius 3 is 1.88 bits per heavy atom. The summed E-state index contributed by atoms with van der Waals surface area (Å²) in [4.78, 5) is 10.4. The van der Waals surface area contributed by atoms with Gasteiger partial charge in [0, 0.05) is 33.1 Å². The van der Waals surface area contributed by atoms with Gasteiger partial charge in [0.2, 0.25) is 0 Å². The average molecular weight is 717 g/mol. The number of aromatic nitrogens is 2. The summed E-state index contributed by atoms with van der Waals surface area (Å²) in [6, 6.07) is 64.7. The van der Waals surface area contributed by atoms with E-state index < -0.39 is 0 Å². The van der Waals surface area contributed by atoms with Crippen molar-refractivity contribution in [1.29, 1.82) is 0 Å². The van der Waals surface area contributed by atoms with Crippen LogP contribution in [0.4, 0.5) is 0 Å². The summed E-state index contributed by atoms with van der Waals surface area (Å²) in [5, 5.41) is 5.98. The Kier molecular flexibility index (Phi) is 7.20. The minimum atomic E-state index is -0.118. The van der Waals surface area contributed by atoms with Gasteiger partial charge < -0.3 is 4.42 Å². The average Bonchev–Trinajstić information content (AvgIpc) is 3.79. The SMILES string of the molecule is CC1(C)c2cc3ccccc3cc2-c2c(-c3ccc(-c4cc(-c5cccc(-c6cc7ccccc7o6)c5)nc(-c5ccccc5)n4)c4ccccc34)cccc21. The van der Waals surface area contributed by atoms with Crippen LogP contribution in [0.3, 0.4) is 0 Å². The van der Waals surface area contributed by atoms with Crippen molar-refractivity contribution in [1.82, 2.24) is 9.97 Å². The molecule has 0 atom stereocenters. The summed E-state index contributed by atoms with van der Waals surface area (Å²) in [6.45, 7) is 4.72. The number of rotatable bonds is 5. The van der Waals surface area contributed by atoms with E-state index in [1.54, 1.807) is 0 Å². The number of hydrogen-bond acceptors (Lipinski definition) is 3. The minimum Gasteiger partial charge on any atom is -0.456 e. The second kappa shape index (κ2) is 12.5. The molecule has 0 N–H and O–H groups in total. The molecule has 2 heterocycles. The van der Waals surface area contributed by atoms with Crippen molar-refractivity contribution >= 4 is 32.5 Å². The highest BCUT2D eigenvalue weighted by molar-refractivity contribution is 6.08. The zero-order valence-corrected chi connectivity index (χ0v) is 31.1. The fraction of sp³-hybridized carbons (Fsp3) is 0.0566. The molecule has 1 aliphatic rings. The van der Waals surface area contributed by atoms with Crippen molar-refractivity contribution in [2.45, 2.75) is 19.3 Å². The Hall–Kier alpha value is -7.10. The zero-order chi connectivity index (χ0) is 37.4. The molecule has 0 unspecified atom stereocenters. The van der Waals surface area contributed by atoms with Gasteiger partial charge in [-0.25, -0.2) is 9.97 Å². The molecule has 0 amide bonds. The largest absolute Gasteiger partial charge is 0.456 e. The molecule has 3 heteroatoms. The van der Waals surface area contributed by atoms with Gasteiger partial charge in [-0.15, -0.1) is 0 Å². The predicted octanol–water partition coefficient (Wildman–Crippen LogP) is 14.2. The Morgan fingerprint density at radius 2 is 1.05 bits per heavy atom. The van der Waals surface area contributed by atoms with Crippen LogP contribution in [0.15, 0.2) is 186 Å². The van der Waals surface area contributed by atoms with Crippen LogP contribution >= 0.6 is 0 Å². The minimum absolute atomic E-state index is 0.118. The summed E-state index contributed by atoms with van der Waals surface area (Å²) in [5.74, 6) is 1.52. The molecule has 0 saturated heterocycles. The third-order valence-electron chi connectivity index (χ3n) is 11.7. The van der Waals surface area contributed by atoms with E-state index in [0.717, 1.165) is 55.8 Å².